The van der Waals surface area contributed by atoms with E-state index in [9.17, 15) is 0 Å². The van der Waals surface area contributed by atoms with E-state index in [1.807, 2.05) is 0 Å². The van der Waals surface area contributed by atoms with Gasteiger partial charge in [-0.25, -0.2) is 0 Å². The standard InChI is InChI=1S/C44H60N6O3/c1-9-37-31-41(13-1)47-19-5-17-45-21-22-46-18-6-20-48-42-14-2-10-38(32-42)36-50-24-8-26-52-28-30-53-29-27-51-25-7-23-49(35-37)43-15-3-11-39(33-43)40-12-4-16-44(50)34-40/h1-4,9-16,31-34,45-48H,5-8,17-30,35-36H2. The summed E-state index contributed by atoms with van der Waals surface area (Å²) in [5.74, 6) is 0. The molecule has 0 amide bonds. The Bertz CT molecular complexity index is 1520. The van der Waals surface area contributed by atoms with Crippen molar-refractivity contribution in [3.8, 4) is 11.1 Å². The fourth-order valence-electron chi connectivity index (χ4n) is 6.94. The monoisotopic (exact) mass is 720 g/mol. The molecule has 4 N–H and O–H groups in total. The van der Waals surface area contributed by atoms with Crippen LogP contribution < -0.4 is 31.1 Å². The van der Waals surface area contributed by atoms with E-state index in [4.69, 9.17) is 14.2 Å². The average Bonchev–Trinajstić information content (AvgIpc) is 3.19. The first-order chi connectivity index (χ1) is 26.3. The topological polar surface area (TPSA) is 82.3 Å². The minimum absolute atomic E-state index is 0.583. The third-order valence-corrected chi connectivity index (χ3v) is 9.73. The highest BCUT2D eigenvalue weighted by Gasteiger charge is 2.13. The zero-order valence-electron chi connectivity index (χ0n) is 31.5. The molecular formula is C44H60N6O3. The largest absolute Gasteiger partial charge is 0.385 e. The average molecular weight is 721 g/mol. The van der Waals surface area contributed by atoms with Crippen LogP contribution in [0.25, 0.3) is 11.1 Å². The maximum atomic E-state index is 5.98. The Kier molecular flexibility index (Phi) is 16.2. The number of nitrogens with zero attached hydrogens (tertiary/aromatic N) is 2. The van der Waals surface area contributed by atoms with E-state index in [0.717, 1.165) is 91.1 Å². The van der Waals surface area contributed by atoms with E-state index in [-0.39, 0.29) is 0 Å². The van der Waals surface area contributed by atoms with E-state index < -0.39 is 0 Å². The Morgan fingerprint density at radius 1 is 0.415 bits per heavy atom. The molecule has 4 aromatic carbocycles. The molecule has 4 aromatic rings. The number of ether oxygens (including phenoxy) is 3. The molecule has 0 atom stereocenters. The minimum Gasteiger partial charge on any atom is -0.385 e. The van der Waals surface area contributed by atoms with Gasteiger partial charge in [0.25, 0.3) is 0 Å². The molecule has 2 aliphatic rings. The third-order valence-electron chi connectivity index (χ3n) is 9.73. The van der Waals surface area contributed by atoms with Crippen molar-refractivity contribution in [2.24, 2.45) is 0 Å². The Balaban J connectivity index is 1.29. The molecule has 9 nitrogen and oxygen atoms in total. The van der Waals surface area contributed by atoms with Crippen LogP contribution in [0.15, 0.2) is 97.1 Å². The normalized spacial score (nSPS) is 18.4. The first-order valence-corrected chi connectivity index (χ1v) is 19.8. The summed E-state index contributed by atoms with van der Waals surface area (Å²) in [7, 11) is 0. The molecule has 0 aromatic heterocycles. The van der Waals surface area contributed by atoms with Crippen LogP contribution in [0.1, 0.15) is 36.8 Å². The van der Waals surface area contributed by atoms with Crippen molar-refractivity contribution in [2.75, 3.05) is 112 Å². The van der Waals surface area contributed by atoms with Gasteiger partial charge in [0.15, 0.2) is 0 Å². The molecule has 0 saturated heterocycles. The number of anilines is 4. The van der Waals surface area contributed by atoms with Gasteiger partial charge in [-0.15, -0.1) is 0 Å². The Hall–Kier alpha value is -4.12. The van der Waals surface area contributed by atoms with Crippen LogP contribution in [0.3, 0.4) is 0 Å². The van der Waals surface area contributed by atoms with Gasteiger partial charge in [0.1, 0.15) is 0 Å². The van der Waals surface area contributed by atoms with E-state index >= 15 is 0 Å². The number of hydrogen-bond donors (Lipinski definition) is 4. The molecule has 6 rings (SSSR count). The fourth-order valence-corrected chi connectivity index (χ4v) is 6.94. The molecular weight excluding hydrogens is 661 g/mol. The summed E-state index contributed by atoms with van der Waals surface area (Å²) in [5.41, 5.74) is 9.79. The highest BCUT2D eigenvalue weighted by molar-refractivity contribution is 5.72. The molecule has 2 heterocycles. The lowest BCUT2D eigenvalue weighted by Crippen LogP contribution is -2.29. The van der Waals surface area contributed by atoms with E-state index in [0.29, 0.717) is 39.6 Å². The van der Waals surface area contributed by atoms with Crippen LogP contribution in [-0.4, -0.2) is 92.0 Å². The van der Waals surface area contributed by atoms with Crippen molar-refractivity contribution in [3.63, 3.8) is 0 Å². The molecule has 2 aliphatic heterocycles. The van der Waals surface area contributed by atoms with Gasteiger partial charge >= 0.3 is 0 Å². The summed E-state index contributed by atoms with van der Waals surface area (Å²) in [6, 6.07) is 35.8. The quantitative estimate of drug-likeness (QED) is 0.154. The summed E-state index contributed by atoms with van der Waals surface area (Å²) < 4.78 is 17.8. The minimum atomic E-state index is 0.583. The van der Waals surface area contributed by atoms with Crippen LogP contribution >= 0.6 is 0 Å². The van der Waals surface area contributed by atoms with E-state index in [2.05, 4.69) is 128 Å². The number of nitrogens with one attached hydrogen (secondary N) is 4. The van der Waals surface area contributed by atoms with Gasteiger partial charge in [-0.05, 0) is 110 Å². The van der Waals surface area contributed by atoms with Crippen molar-refractivity contribution in [2.45, 2.75) is 38.8 Å². The van der Waals surface area contributed by atoms with Crippen molar-refractivity contribution in [1.82, 2.24) is 10.6 Å². The summed E-state index contributed by atoms with van der Waals surface area (Å²) in [6.07, 6.45) is 4.00. The first-order valence-electron chi connectivity index (χ1n) is 19.8. The highest BCUT2D eigenvalue weighted by atomic mass is 16.5. The van der Waals surface area contributed by atoms with E-state index in [1.54, 1.807) is 0 Å². The zero-order valence-corrected chi connectivity index (χ0v) is 31.5. The van der Waals surface area contributed by atoms with Gasteiger partial charge in [-0.2, -0.15) is 0 Å². The first kappa shape index (κ1) is 38.6. The Labute approximate surface area is 317 Å². The van der Waals surface area contributed by atoms with Crippen LogP contribution in [0, 0.1) is 0 Å². The summed E-state index contributed by atoms with van der Waals surface area (Å²) in [5, 5.41) is 14.5. The lowest BCUT2D eigenvalue weighted by atomic mass is 10.0. The highest BCUT2D eigenvalue weighted by Crippen LogP contribution is 2.30. The summed E-state index contributed by atoms with van der Waals surface area (Å²) in [6.45, 7) is 13.0. The van der Waals surface area contributed by atoms with E-state index in [1.165, 1.54) is 45.0 Å². The maximum Gasteiger partial charge on any atom is 0.0701 e. The number of rotatable bonds is 0. The Morgan fingerprint density at radius 2 is 0.868 bits per heavy atom. The van der Waals surface area contributed by atoms with Crippen LogP contribution in [0.2, 0.25) is 0 Å². The SMILES string of the molecule is c1cc2cc(c1)NCCCNCCNCCCNc1cccc(c1)CN1CCCOCCOCCOCCCN(C2)c2cccc(c2)-c2cccc1c2. The Morgan fingerprint density at radius 3 is 1.36 bits per heavy atom. The van der Waals surface area contributed by atoms with Crippen LogP contribution in [-0.2, 0) is 27.3 Å². The van der Waals surface area contributed by atoms with Crippen molar-refractivity contribution >= 4 is 22.7 Å². The molecule has 0 spiro atoms. The predicted octanol–water partition coefficient (Wildman–Crippen LogP) is 7.01. The lowest BCUT2D eigenvalue weighted by Gasteiger charge is -2.27. The second-order valence-electron chi connectivity index (χ2n) is 13.9. The molecule has 0 radical (unpaired) electrons. The molecule has 0 fully saturated rings. The van der Waals surface area contributed by atoms with Crippen LogP contribution in [0.5, 0.6) is 0 Å². The smallest absolute Gasteiger partial charge is 0.0701 e. The van der Waals surface area contributed by atoms with Gasteiger partial charge < -0.3 is 45.3 Å². The molecule has 0 aliphatic carbocycles. The van der Waals surface area contributed by atoms with Gasteiger partial charge in [0, 0.05) is 88.3 Å². The molecule has 9 heteroatoms. The van der Waals surface area contributed by atoms with Crippen molar-refractivity contribution in [3.05, 3.63) is 108 Å². The molecule has 0 unspecified atom stereocenters. The van der Waals surface area contributed by atoms with Gasteiger partial charge in [-0.1, -0.05) is 48.5 Å². The zero-order chi connectivity index (χ0) is 36.2. The summed E-state index contributed by atoms with van der Waals surface area (Å²) in [4.78, 5) is 4.98. The predicted molar refractivity (Wildman–Crippen MR) is 221 cm³/mol. The van der Waals surface area contributed by atoms with Crippen molar-refractivity contribution < 1.29 is 14.2 Å². The number of benzene rings is 4. The second kappa shape index (κ2) is 22.2. The fraction of sp³-hybridized carbons (Fsp3) is 0.455. The lowest BCUT2D eigenvalue weighted by molar-refractivity contribution is 0.0142. The van der Waals surface area contributed by atoms with Crippen LogP contribution in [0.4, 0.5) is 22.7 Å². The summed E-state index contributed by atoms with van der Waals surface area (Å²) >= 11 is 0. The van der Waals surface area contributed by atoms with Crippen molar-refractivity contribution in [1.29, 1.82) is 0 Å². The van der Waals surface area contributed by atoms with Gasteiger partial charge in [0.2, 0.25) is 0 Å². The molecule has 10 bridgehead atoms. The second-order valence-corrected chi connectivity index (χ2v) is 13.9. The molecule has 53 heavy (non-hydrogen) atoms. The number of hydrogen-bond acceptors (Lipinski definition) is 9. The number of fused-ring (bicyclic) bond motifs is 4. The third kappa shape index (κ3) is 13.4. The van der Waals surface area contributed by atoms with Gasteiger partial charge in [0.05, 0.1) is 26.4 Å². The van der Waals surface area contributed by atoms with Gasteiger partial charge in [-0.3, -0.25) is 0 Å². The molecule has 0 saturated carbocycles. The maximum absolute atomic E-state index is 5.98. The molecule has 284 valence electrons.